The van der Waals surface area contributed by atoms with Gasteiger partial charge in [-0.15, -0.1) is 11.3 Å². The fourth-order valence-corrected chi connectivity index (χ4v) is 6.02. The van der Waals surface area contributed by atoms with Gasteiger partial charge in [0.2, 0.25) is 5.91 Å². The van der Waals surface area contributed by atoms with Crippen molar-refractivity contribution in [3.05, 3.63) is 77.4 Å². The number of Topliss-reactive ketones (excluding diaryl/α,β-unsaturated/α-hetero) is 1. The number of benzene rings is 3. The van der Waals surface area contributed by atoms with Gasteiger partial charge in [-0.25, -0.2) is 4.98 Å². The molecule has 0 aliphatic heterocycles. The Bertz CT molecular complexity index is 1340. The number of ketones is 1. The van der Waals surface area contributed by atoms with Gasteiger partial charge in [-0.3, -0.25) is 9.59 Å². The Morgan fingerprint density at radius 3 is 2.75 bits per heavy atom. The van der Waals surface area contributed by atoms with Crippen molar-refractivity contribution in [2.75, 3.05) is 11.1 Å². The van der Waals surface area contributed by atoms with Gasteiger partial charge >= 0.3 is 0 Å². The molecular formula is C26H22N2O2S2. The summed E-state index contributed by atoms with van der Waals surface area (Å²) in [6.07, 6.45) is 2.22. The molecule has 0 fully saturated rings. The number of thioether (sulfide) groups is 1. The van der Waals surface area contributed by atoms with Gasteiger partial charge in [0.1, 0.15) is 0 Å². The van der Waals surface area contributed by atoms with Crippen LogP contribution in [0.4, 0.5) is 5.69 Å². The van der Waals surface area contributed by atoms with E-state index in [-0.39, 0.29) is 11.7 Å². The van der Waals surface area contributed by atoms with Crippen LogP contribution in [0.1, 0.15) is 41.3 Å². The number of rotatable bonds is 7. The summed E-state index contributed by atoms with van der Waals surface area (Å²) in [5.41, 5.74) is 7.47. The minimum absolute atomic E-state index is 0.0222. The summed E-state index contributed by atoms with van der Waals surface area (Å²) in [5, 5.41) is 2.92. The van der Waals surface area contributed by atoms with Crippen molar-refractivity contribution in [2.24, 2.45) is 0 Å². The second kappa shape index (κ2) is 8.88. The zero-order valence-corrected chi connectivity index (χ0v) is 19.3. The summed E-state index contributed by atoms with van der Waals surface area (Å²) in [6.45, 7) is 1.98. The summed E-state index contributed by atoms with van der Waals surface area (Å²) in [5.74, 6) is 0.487. The van der Waals surface area contributed by atoms with Crippen LogP contribution in [-0.4, -0.2) is 22.4 Å². The molecule has 32 heavy (non-hydrogen) atoms. The molecule has 0 saturated heterocycles. The number of nitrogens with one attached hydrogen (secondary N) is 1. The van der Waals surface area contributed by atoms with Crippen molar-refractivity contribution >= 4 is 50.7 Å². The zero-order valence-electron chi connectivity index (χ0n) is 17.7. The van der Waals surface area contributed by atoms with Crippen molar-refractivity contribution in [3.8, 4) is 11.1 Å². The molecule has 4 aromatic rings. The van der Waals surface area contributed by atoms with E-state index in [2.05, 4.69) is 40.6 Å². The standard InChI is InChI=1S/C26H22N2O2S2/c1-2-5-25(30)27-19-9-11-22-24(14-19)32-26(28-22)31-15-23(29)17-8-10-21-18(13-17)12-16-6-3-4-7-20(16)21/h3-4,6-11,13-14H,2,5,12,15H2,1H3,(H,27,30). The lowest BCUT2D eigenvalue weighted by Gasteiger charge is -2.04. The molecule has 1 aliphatic rings. The highest BCUT2D eigenvalue weighted by atomic mass is 32.2. The number of hydrogen-bond donors (Lipinski definition) is 1. The molecular weight excluding hydrogens is 436 g/mol. The van der Waals surface area contributed by atoms with Crippen LogP contribution in [0.3, 0.4) is 0 Å². The Morgan fingerprint density at radius 2 is 1.88 bits per heavy atom. The molecule has 0 bridgehead atoms. The molecule has 0 atom stereocenters. The van der Waals surface area contributed by atoms with Crippen LogP contribution in [0.25, 0.3) is 21.3 Å². The molecule has 0 saturated carbocycles. The molecule has 160 valence electrons. The Morgan fingerprint density at radius 1 is 1.03 bits per heavy atom. The van der Waals surface area contributed by atoms with E-state index in [0.29, 0.717) is 12.2 Å². The Balaban J connectivity index is 1.26. The van der Waals surface area contributed by atoms with E-state index in [4.69, 9.17) is 0 Å². The number of fused-ring (bicyclic) bond motifs is 4. The fraction of sp³-hybridized carbons (Fsp3) is 0.192. The highest BCUT2D eigenvalue weighted by Crippen LogP contribution is 2.37. The van der Waals surface area contributed by atoms with Crippen molar-refractivity contribution in [3.63, 3.8) is 0 Å². The third kappa shape index (κ3) is 4.20. The van der Waals surface area contributed by atoms with Crippen LogP contribution < -0.4 is 5.32 Å². The van der Waals surface area contributed by atoms with Crippen molar-refractivity contribution < 1.29 is 9.59 Å². The van der Waals surface area contributed by atoms with E-state index >= 15 is 0 Å². The van der Waals surface area contributed by atoms with Crippen LogP contribution in [0.5, 0.6) is 0 Å². The van der Waals surface area contributed by atoms with Crippen molar-refractivity contribution in [1.82, 2.24) is 4.98 Å². The number of aromatic nitrogens is 1. The van der Waals surface area contributed by atoms with Gasteiger partial charge in [0, 0.05) is 17.7 Å². The highest BCUT2D eigenvalue weighted by Gasteiger charge is 2.19. The number of hydrogen-bond acceptors (Lipinski definition) is 5. The average molecular weight is 459 g/mol. The molecule has 0 unspecified atom stereocenters. The van der Waals surface area contributed by atoms with E-state index in [1.54, 1.807) is 11.3 Å². The van der Waals surface area contributed by atoms with E-state index in [1.165, 1.54) is 34.0 Å². The Labute approximate surface area is 195 Å². The fourth-order valence-electron chi connectivity index (χ4n) is 4.02. The number of amides is 1. The first-order valence-electron chi connectivity index (χ1n) is 10.7. The number of thiazole rings is 1. The van der Waals surface area contributed by atoms with Crippen molar-refractivity contribution in [1.29, 1.82) is 0 Å². The van der Waals surface area contributed by atoms with Gasteiger partial charge in [-0.2, -0.15) is 0 Å². The van der Waals surface area contributed by atoms with Crippen LogP contribution in [0.15, 0.2) is 65.0 Å². The first-order valence-corrected chi connectivity index (χ1v) is 12.5. The van der Waals surface area contributed by atoms with E-state index < -0.39 is 0 Å². The van der Waals surface area contributed by atoms with Crippen molar-refractivity contribution in [2.45, 2.75) is 30.5 Å². The first kappa shape index (κ1) is 20.9. The van der Waals surface area contributed by atoms with Gasteiger partial charge in [0.15, 0.2) is 10.1 Å². The topological polar surface area (TPSA) is 59.1 Å². The molecule has 1 heterocycles. The lowest BCUT2D eigenvalue weighted by molar-refractivity contribution is -0.116. The van der Waals surface area contributed by atoms with Gasteiger partial charge in [-0.1, -0.05) is 55.1 Å². The van der Waals surface area contributed by atoms with Crippen LogP contribution in [0.2, 0.25) is 0 Å². The third-order valence-corrected chi connectivity index (χ3v) is 7.73. The highest BCUT2D eigenvalue weighted by molar-refractivity contribution is 8.01. The number of carbonyl (C=O) groups is 2. The molecule has 0 spiro atoms. The molecule has 1 amide bonds. The first-order chi connectivity index (χ1) is 15.6. The summed E-state index contributed by atoms with van der Waals surface area (Å²) in [7, 11) is 0. The Kier molecular flexibility index (Phi) is 5.81. The molecule has 1 N–H and O–H groups in total. The monoisotopic (exact) mass is 458 g/mol. The molecule has 3 aromatic carbocycles. The average Bonchev–Trinajstić information content (AvgIpc) is 3.37. The predicted molar refractivity (Wildman–Crippen MR) is 133 cm³/mol. The quantitative estimate of drug-likeness (QED) is 0.221. The van der Waals surface area contributed by atoms with E-state index in [9.17, 15) is 9.59 Å². The largest absolute Gasteiger partial charge is 0.326 e. The zero-order chi connectivity index (χ0) is 22.1. The van der Waals surface area contributed by atoms with Gasteiger partial charge < -0.3 is 5.32 Å². The second-order valence-corrected chi connectivity index (χ2v) is 10.1. The molecule has 1 aliphatic carbocycles. The smallest absolute Gasteiger partial charge is 0.224 e. The lowest BCUT2D eigenvalue weighted by atomic mass is 10.0. The number of carbonyl (C=O) groups excluding carboxylic acids is 2. The molecule has 4 nitrogen and oxygen atoms in total. The van der Waals surface area contributed by atoms with E-state index in [0.717, 1.165) is 38.6 Å². The minimum Gasteiger partial charge on any atom is -0.326 e. The third-order valence-electron chi connectivity index (χ3n) is 5.57. The molecule has 0 radical (unpaired) electrons. The van der Waals surface area contributed by atoms with Gasteiger partial charge in [0.05, 0.1) is 16.0 Å². The molecule has 6 heteroatoms. The summed E-state index contributed by atoms with van der Waals surface area (Å²) < 4.78 is 1.86. The predicted octanol–water partition coefficient (Wildman–Crippen LogP) is 6.58. The summed E-state index contributed by atoms with van der Waals surface area (Å²) in [6, 6.07) is 20.2. The second-order valence-electron chi connectivity index (χ2n) is 7.88. The van der Waals surface area contributed by atoms with Crippen LogP contribution >= 0.6 is 23.1 Å². The maximum absolute atomic E-state index is 12.9. The summed E-state index contributed by atoms with van der Waals surface area (Å²) in [4.78, 5) is 29.3. The number of anilines is 1. The minimum atomic E-state index is 0.0222. The number of nitrogens with zero attached hydrogens (tertiary/aromatic N) is 1. The molecule has 5 rings (SSSR count). The maximum Gasteiger partial charge on any atom is 0.224 e. The SMILES string of the molecule is CCCC(=O)Nc1ccc2nc(SCC(=O)c3ccc4c(c3)Cc3ccccc3-4)sc2c1. The molecule has 1 aromatic heterocycles. The van der Waals surface area contributed by atoms with Crippen LogP contribution in [-0.2, 0) is 11.2 Å². The lowest BCUT2D eigenvalue weighted by Crippen LogP contribution is -2.10. The van der Waals surface area contributed by atoms with E-state index in [1.807, 2.05) is 37.3 Å². The van der Waals surface area contributed by atoms with Gasteiger partial charge in [0.25, 0.3) is 0 Å². The maximum atomic E-state index is 12.9. The summed E-state index contributed by atoms with van der Waals surface area (Å²) >= 11 is 3.02. The normalized spacial score (nSPS) is 11.9. The Hall–Kier alpha value is -2.96. The van der Waals surface area contributed by atoms with Gasteiger partial charge in [-0.05, 0) is 59.4 Å². The van der Waals surface area contributed by atoms with Crippen LogP contribution in [0, 0.1) is 0 Å².